The van der Waals surface area contributed by atoms with Crippen LogP contribution >= 0.6 is 0 Å². The molecule has 2 aliphatic carbocycles. The van der Waals surface area contributed by atoms with Gasteiger partial charge < -0.3 is 54.4 Å². The minimum Gasteiger partial charge on any atom is -0.508 e. The Morgan fingerprint density at radius 1 is 0.889 bits per heavy atom. The summed E-state index contributed by atoms with van der Waals surface area (Å²) in [5.41, 5.74) is -0.675. The predicted octanol–water partition coefficient (Wildman–Crippen LogP) is 2.01. The molecule has 0 radical (unpaired) electrons. The fraction of sp³-hybridized carbons (Fsp3) is 0.545. The summed E-state index contributed by atoms with van der Waals surface area (Å²) in [7, 11) is 0. The van der Waals surface area contributed by atoms with Gasteiger partial charge in [-0.3, -0.25) is 4.79 Å². The number of benzene rings is 2. The van der Waals surface area contributed by atoms with Crippen molar-refractivity contribution in [3.63, 3.8) is 0 Å². The first kappa shape index (κ1) is 31.7. The zero-order valence-corrected chi connectivity index (χ0v) is 25.2. The quantitative estimate of drug-likeness (QED) is 0.217. The Morgan fingerprint density at radius 3 is 2.27 bits per heavy atom. The molecule has 0 spiro atoms. The van der Waals surface area contributed by atoms with E-state index < -0.39 is 66.3 Å². The van der Waals surface area contributed by atoms with Crippen LogP contribution in [0, 0.1) is 17.3 Å². The van der Waals surface area contributed by atoms with Crippen molar-refractivity contribution < 1.29 is 54.4 Å². The summed E-state index contributed by atoms with van der Waals surface area (Å²) in [4.78, 5) is 13.9. The third kappa shape index (κ3) is 5.48. The van der Waals surface area contributed by atoms with E-state index in [1.54, 1.807) is 0 Å². The van der Waals surface area contributed by atoms with Gasteiger partial charge in [0.15, 0.2) is 5.76 Å². The molecule has 1 saturated heterocycles. The highest BCUT2D eigenvalue weighted by Gasteiger charge is 2.55. The van der Waals surface area contributed by atoms with Gasteiger partial charge in [-0.15, -0.1) is 0 Å². The Kier molecular flexibility index (Phi) is 8.36. The molecule has 6 unspecified atom stereocenters. The van der Waals surface area contributed by atoms with Gasteiger partial charge in [-0.2, -0.15) is 0 Å². The summed E-state index contributed by atoms with van der Waals surface area (Å²) in [6.45, 7) is 5.38. The fourth-order valence-corrected chi connectivity index (χ4v) is 7.31. The number of aromatic hydroxyl groups is 2. The van der Waals surface area contributed by atoms with E-state index >= 15 is 0 Å². The average Bonchev–Trinajstić information content (AvgIpc) is 3.00. The highest BCUT2D eigenvalue weighted by molar-refractivity contribution is 5.87. The van der Waals surface area contributed by atoms with E-state index in [1.807, 2.05) is 13.8 Å². The normalized spacial score (nSPS) is 38.5. The maximum atomic E-state index is 13.9. The van der Waals surface area contributed by atoms with Gasteiger partial charge in [0.05, 0.1) is 18.3 Å². The second-order valence-corrected chi connectivity index (χ2v) is 13.1. The predicted molar refractivity (Wildman–Crippen MR) is 160 cm³/mol. The standard InChI is InChI=1S/C33H40O12/c1-14-18-11-12-33(18,3)13-21(25(38)27(40)23(14)36)44-31-28(41)24(37)15(2)42-32(31)45-30-26(39)22-19(35)5-4-6-20(22)43-29(30)16-7-9-17(34)10-8-16/h4-10,14-15,18,21,23-25,27-28,31-32,34-38,40-41H,11-13H2,1-3H3/t14?,15-,18?,21-,23+,24?,25?,27?,28+,31?,32+,33+/m1/s1. The van der Waals surface area contributed by atoms with E-state index in [0.717, 1.165) is 12.8 Å². The molecule has 3 fully saturated rings. The monoisotopic (exact) mass is 628 g/mol. The lowest BCUT2D eigenvalue weighted by Gasteiger charge is -2.56. The van der Waals surface area contributed by atoms with E-state index in [0.29, 0.717) is 5.56 Å². The van der Waals surface area contributed by atoms with Gasteiger partial charge >= 0.3 is 0 Å². The molecule has 244 valence electrons. The van der Waals surface area contributed by atoms with Crippen molar-refractivity contribution in [2.45, 2.75) is 95.2 Å². The van der Waals surface area contributed by atoms with Crippen LogP contribution < -0.4 is 10.2 Å². The van der Waals surface area contributed by atoms with Gasteiger partial charge in [-0.25, -0.2) is 0 Å². The molecule has 12 atom stereocenters. The summed E-state index contributed by atoms with van der Waals surface area (Å²) in [5.74, 6) is -1.03. The SMILES string of the molecule is CC1C2CC[C@@]2(C)C[C@@H](OC2[C@H](Oc3c(-c4ccc(O)cc4)oc4cccc(O)c4c3=O)O[C@H](C)C(O)[C@@H]2O)C(O)C(O)[C@H]1O. The van der Waals surface area contributed by atoms with Gasteiger partial charge in [0.25, 0.3) is 0 Å². The Hall–Kier alpha value is -3.23. The Morgan fingerprint density at radius 2 is 1.60 bits per heavy atom. The first-order valence-electron chi connectivity index (χ1n) is 15.3. The molecule has 1 aliphatic heterocycles. The molecule has 12 nitrogen and oxygen atoms in total. The molecule has 7 N–H and O–H groups in total. The smallest absolute Gasteiger partial charge is 0.239 e. The van der Waals surface area contributed by atoms with Crippen molar-refractivity contribution in [1.29, 1.82) is 0 Å². The summed E-state index contributed by atoms with van der Waals surface area (Å²) >= 11 is 0. The minimum atomic E-state index is -1.61. The average molecular weight is 629 g/mol. The number of hydrogen-bond acceptors (Lipinski definition) is 12. The van der Waals surface area contributed by atoms with Crippen molar-refractivity contribution >= 4 is 11.0 Å². The number of hydrogen-bond donors (Lipinski definition) is 7. The maximum Gasteiger partial charge on any atom is 0.239 e. The van der Waals surface area contributed by atoms with Gasteiger partial charge in [0.2, 0.25) is 17.5 Å². The maximum absolute atomic E-state index is 13.9. The Balaban J connectivity index is 1.41. The summed E-state index contributed by atoms with van der Waals surface area (Å²) in [5, 5.41) is 75.2. The van der Waals surface area contributed by atoms with Crippen LogP contribution in [0.4, 0.5) is 0 Å². The van der Waals surface area contributed by atoms with Crippen molar-refractivity contribution in [1.82, 2.24) is 0 Å². The molecule has 3 aliphatic rings. The van der Waals surface area contributed by atoms with Crippen LogP contribution in [-0.2, 0) is 9.47 Å². The van der Waals surface area contributed by atoms with Crippen LogP contribution in [0.2, 0.25) is 0 Å². The number of fused-ring (bicyclic) bond motifs is 2. The van der Waals surface area contributed by atoms with Gasteiger partial charge in [-0.05, 0) is 79.8 Å². The van der Waals surface area contributed by atoms with E-state index in [4.69, 9.17) is 18.6 Å². The number of aliphatic hydroxyl groups excluding tert-OH is 5. The molecule has 0 bridgehead atoms. The molecule has 2 aromatic carbocycles. The molecule has 12 heteroatoms. The highest BCUT2D eigenvalue weighted by Crippen LogP contribution is 2.56. The van der Waals surface area contributed by atoms with Crippen molar-refractivity contribution in [2.75, 3.05) is 0 Å². The minimum absolute atomic E-state index is 0.0288. The van der Waals surface area contributed by atoms with Gasteiger partial charge in [-0.1, -0.05) is 19.9 Å². The third-order valence-corrected chi connectivity index (χ3v) is 10.2. The van der Waals surface area contributed by atoms with Crippen LogP contribution in [0.25, 0.3) is 22.3 Å². The lowest BCUT2D eigenvalue weighted by atomic mass is 9.52. The van der Waals surface area contributed by atoms with Crippen LogP contribution in [0.3, 0.4) is 0 Å². The molecule has 1 aromatic heterocycles. The van der Waals surface area contributed by atoms with Crippen LogP contribution in [0.5, 0.6) is 17.2 Å². The van der Waals surface area contributed by atoms with E-state index in [2.05, 4.69) is 0 Å². The zero-order valence-electron chi connectivity index (χ0n) is 25.2. The topological polar surface area (TPSA) is 200 Å². The largest absolute Gasteiger partial charge is 0.508 e. The number of ether oxygens (including phenoxy) is 3. The highest BCUT2D eigenvalue weighted by atomic mass is 16.7. The molecule has 2 heterocycles. The van der Waals surface area contributed by atoms with Crippen LogP contribution in [-0.4, -0.2) is 90.9 Å². The molecular weight excluding hydrogens is 588 g/mol. The summed E-state index contributed by atoms with van der Waals surface area (Å²) in [6, 6.07) is 10.1. The number of aliphatic hydroxyl groups is 5. The third-order valence-electron chi connectivity index (χ3n) is 10.2. The first-order chi connectivity index (χ1) is 21.3. The number of phenolic OH excluding ortho intramolecular Hbond substituents is 2. The van der Waals surface area contributed by atoms with E-state index in [-0.39, 0.29) is 51.9 Å². The Bertz CT molecular complexity index is 1590. The zero-order chi connectivity index (χ0) is 32.4. The van der Waals surface area contributed by atoms with Crippen molar-refractivity contribution in [3.8, 4) is 28.6 Å². The molecule has 6 rings (SSSR count). The molecular formula is C33H40O12. The molecule has 2 saturated carbocycles. The Labute approximate surface area is 259 Å². The second kappa shape index (κ2) is 11.8. The van der Waals surface area contributed by atoms with Gasteiger partial charge in [0, 0.05) is 5.56 Å². The number of phenols is 2. The first-order valence-corrected chi connectivity index (χ1v) is 15.3. The van der Waals surface area contributed by atoms with Crippen LogP contribution in [0.1, 0.15) is 40.0 Å². The molecule has 45 heavy (non-hydrogen) atoms. The summed E-state index contributed by atoms with van der Waals surface area (Å²) < 4.78 is 24.4. The lowest BCUT2D eigenvalue weighted by molar-refractivity contribution is -0.302. The second-order valence-electron chi connectivity index (χ2n) is 13.1. The van der Waals surface area contributed by atoms with Crippen molar-refractivity contribution in [2.24, 2.45) is 17.3 Å². The number of rotatable bonds is 5. The van der Waals surface area contributed by atoms with E-state index in [9.17, 15) is 40.5 Å². The van der Waals surface area contributed by atoms with Crippen molar-refractivity contribution in [3.05, 3.63) is 52.7 Å². The van der Waals surface area contributed by atoms with E-state index in [1.165, 1.54) is 49.4 Å². The fourth-order valence-electron chi connectivity index (χ4n) is 7.31. The summed E-state index contributed by atoms with van der Waals surface area (Å²) in [6.07, 6.45) is -10.6. The molecule has 0 amide bonds. The lowest BCUT2D eigenvalue weighted by Crippen LogP contribution is -2.63. The van der Waals surface area contributed by atoms with Gasteiger partial charge in [0.1, 0.15) is 53.0 Å². The molecule has 3 aromatic rings. The van der Waals surface area contributed by atoms with Crippen LogP contribution in [0.15, 0.2) is 51.7 Å².